The number of rotatable bonds is 4. The topological polar surface area (TPSA) is 12.5 Å². The van der Waals surface area contributed by atoms with Gasteiger partial charge in [-0.05, 0) is 55.0 Å². The summed E-state index contributed by atoms with van der Waals surface area (Å²) in [5.74, 6) is 0. The Labute approximate surface area is 89.6 Å². The Morgan fingerprint density at radius 2 is 1.50 bits per heavy atom. The van der Waals surface area contributed by atoms with Gasteiger partial charge in [0.05, 0.1) is 5.60 Å². The van der Waals surface area contributed by atoms with E-state index in [0.717, 1.165) is 19.6 Å². The van der Waals surface area contributed by atoms with E-state index in [0.29, 0.717) is 0 Å². The molecular weight excluding hydrogens is 174 g/mol. The number of nitrogens with zero attached hydrogens (tertiary/aromatic N) is 1. The molecule has 0 radical (unpaired) electrons. The molecule has 0 spiro atoms. The molecule has 0 unspecified atom stereocenters. The van der Waals surface area contributed by atoms with Crippen LogP contribution in [0.25, 0.3) is 0 Å². The third-order valence-corrected chi connectivity index (χ3v) is 2.32. The highest BCUT2D eigenvalue weighted by Crippen LogP contribution is 2.11. The minimum absolute atomic E-state index is 0.000302. The fraction of sp³-hybridized carbons (Fsp3) is 1.00. The predicted octanol–water partition coefficient (Wildman–Crippen LogP) is 2.92. The first-order valence-corrected chi connectivity index (χ1v) is 5.48. The average molecular weight is 201 g/mol. The molecule has 0 amide bonds. The van der Waals surface area contributed by atoms with Crippen molar-refractivity contribution in [2.24, 2.45) is 0 Å². The van der Waals surface area contributed by atoms with E-state index < -0.39 is 0 Å². The maximum atomic E-state index is 5.67. The monoisotopic (exact) mass is 201 g/mol. The minimum atomic E-state index is 0.000302. The first kappa shape index (κ1) is 13.9. The first-order chi connectivity index (χ1) is 6.13. The second-order valence-corrected chi connectivity index (χ2v) is 5.91. The van der Waals surface area contributed by atoms with Gasteiger partial charge in [0.1, 0.15) is 0 Å². The van der Waals surface area contributed by atoms with Gasteiger partial charge in [-0.3, -0.25) is 0 Å². The highest BCUT2D eigenvalue weighted by atomic mass is 16.5. The molecule has 0 saturated heterocycles. The molecule has 0 N–H and O–H groups in total. The molecule has 0 aromatic rings. The van der Waals surface area contributed by atoms with Crippen LogP contribution in [0, 0.1) is 0 Å². The molecule has 86 valence electrons. The van der Waals surface area contributed by atoms with E-state index in [1.54, 1.807) is 0 Å². The van der Waals surface area contributed by atoms with Crippen molar-refractivity contribution in [2.75, 3.05) is 20.2 Å². The average Bonchev–Trinajstić information content (AvgIpc) is 1.93. The molecular formula is C12H27NO. The molecule has 0 aromatic heterocycles. The maximum Gasteiger partial charge on any atom is 0.0598 e. The molecule has 14 heavy (non-hydrogen) atoms. The zero-order valence-corrected chi connectivity index (χ0v) is 11.0. The van der Waals surface area contributed by atoms with Gasteiger partial charge in [0.2, 0.25) is 0 Å². The summed E-state index contributed by atoms with van der Waals surface area (Å²) in [6, 6.07) is 0. The summed E-state index contributed by atoms with van der Waals surface area (Å²) in [5, 5.41) is 0. The third-order valence-electron chi connectivity index (χ3n) is 2.32. The Balaban J connectivity index is 3.56. The van der Waals surface area contributed by atoms with Crippen molar-refractivity contribution in [1.29, 1.82) is 0 Å². The first-order valence-electron chi connectivity index (χ1n) is 5.48. The lowest BCUT2D eigenvalue weighted by molar-refractivity contribution is -0.00857. The van der Waals surface area contributed by atoms with Gasteiger partial charge >= 0.3 is 0 Å². The van der Waals surface area contributed by atoms with Crippen molar-refractivity contribution >= 4 is 0 Å². The van der Waals surface area contributed by atoms with E-state index in [2.05, 4.69) is 53.5 Å². The lowest BCUT2D eigenvalue weighted by Gasteiger charge is -2.32. The molecule has 0 aromatic carbocycles. The van der Waals surface area contributed by atoms with Crippen molar-refractivity contribution in [3.63, 3.8) is 0 Å². The van der Waals surface area contributed by atoms with Gasteiger partial charge in [0.15, 0.2) is 0 Å². The highest BCUT2D eigenvalue weighted by Gasteiger charge is 2.16. The van der Waals surface area contributed by atoms with E-state index in [1.165, 1.54) is 0 Å². The summed E-state index contributed by atoms with van der Waals surface area (Å²) in [4.78, 5) is 2.36. The summed E-state index contributed by atoms with van der Waals surface area (Å²) < 4.78 is 5.67. The molecule has 0 rings (SSSR count). The molecule has 0 saturated carbocycles. The van der Waals surface area contributed by atoms with Gasteiger partial charge in [-0.2, -0.15) is 0 Å². The Hall–Kier alpha value is -0.0800. The molecule has 0 aliphatic rings. The largest absolute Gasteiger partial charge is 0.376 e. The summed E-state index contributed by atoms with van der Waals surface area (Å²) in [5.41, 5.74) is 0.266. The van der Waals surface area contributed by atoms with Crippen LogP contribution in [-0.2, 0) is 4.74 Å². The van der Waals surface area contributed by atoms with Crippen LogP contribution in [0.4, 0.5) is 0 Å². The van der Waals surface area contributed by atoms with Crippen LogP contribution >= 0.6 is 0 Å². The van der Waals surface area contributed by atoms with Gasteiger partial charge in [-0.15, -0.1) is 0 Å². The van der Waals surface area contributed by atoms with Crippen molar-refractivity contribution < 1.29 is 4.74 Å². The van der Waals surface area contributed by atoms with Crippen molar-refractivity contribution in [2.45, 2.75) is 59.1 Å². The minimum Gasteiger partial charge on any atom is -0.376 e. The van der Waals surface area contributed by atoms with Crippen LogP contribution in [0.1, 0.15) is 48.0 Å². The predicted molar refractivity (Wildman–Crippen MR) is 62.7 cm³/mol. The normalized spacial score (nSPS) is 13.7. The highest BCUT2D eigenvalue weighted by molar-refractivity contribution is 4.72. The summed E-state index contributed by atoms with van der Waals surface area (Å²) >= 11 is 0. The lowest BCUT2D eigenvalue weighted by Crippen LogP contribution is -2.39. The van der Waals surface area contributed by atoms with Crippen LogP contribution in [-0.4, -0.2) is 36.2 Å². The molecule has 0 heterocycles. The Morgan fingerprint density at radius 3 is 1.86 bits per heavy atom. The lowest BCUT2D eigenvalue weighted by atomic mass is 10.1. The number of hydrogen-bond donors (Lipinski definition) is 0. The van der Waals surface area contributed by atoms with Crippen LogP contribution in [0.15, 0.2) is 0 Å². The molecule has 0 atom stereocenters. The van der Waals surface area contributed by atoms with E-state index >= 15 is 0 Å². The fourth-order valence-corrected chi connectivity index (χ4v) is 1.02. The second-order valence-electron chi connectivity index (χ2n) is 5.91. The van der Waals surface area contributed by atoms with E-state index in [4.69, 9.17) is 4.74 Å². The van der Waals surface area contributed by atoms with Crippen LogP contribution in [0.2, 0.25) is 0 Å². The van der Waals surface area contributed by atoms with Crippen LogP contribution < -0.4 is 0 Å². The molecule has 0 aliphatic heterocycles. The van der Waals surface area contributed by atoms with Gasteiger partial charge in [0.25, 0.3) is 0 Å². The van der Waals surface area contributed by atoms with E-state index in [-0.39, 0.29) is 11.1 Å². The SMILES string of the molecule is CN(CCCOC(C)(C)C)C(C)(C)C. The maximum absolute atomic E-state index is 5.67. The Kier molecular flexibility index (Phi) is 5.10. The van der Waals surface area contributed by atoms with Gasteiger partial charge in [0, 0.05) is 18.7 Å². The zero-order chi connectivity index (χ0) is 11.4. The molecule has 0 aliphatic carbocycles. The third kappa shape index (κ3) is 7.34. The number of ether oxygens (including phenoxy) is 1. The smallest absolute Gasteiger partial charge is 0.0598 e. The molecule has 0 fully saturated rings. The Bertz CT molecular complexity index is 153. The van der Waals surface area contributed by atoms with Gasteiger partial charge in [-0.25, -0.2) is 0 Å². The second kappa shape index (κ2) is 5.13. The van der Waals surface area contributed by atoms with Gasteiger partial charge in [-0.1, -0.05) is 0 Å². The van der Waals surface area contributed by atoms with Crippen LogP contribution in [0.5, 0.6) is 0 Å². The number of hydrogen-bond acceptors (Lipinski definition) is 2. The fourth-order valence-electron chi connectivity index (χ4n) is 1.02. The van der Waals surface area contributed by atoms with Crippen LogP contribution in [0.3, 0.4) is 0 Å². The molecule has 2 nitrogen and oxygen atoms in total. The Morgan fingerprint density at radius 1 is 1.00 bits per heavy atom. The summed E-state index contributed by atoms with van der Waals surface area (Å²) in [7, 11) is 2.16. The molecule has 0 bridgehead atoms. The van der Waals surface area contributed by atoms with Crippen molar-refractivity contribution in [1.82, 2.24) is 4.90 Å². The molecule has 2 heteroatoms. The van der Waals surface area contributed by atoms with E-state index in [9.17, 15) is 0 Å². The van der Waals surface area contributed by atoms with Crippen molar-refractivity contribution in [3.05, 3.63) is 0 Å². The summed E-state index contributed by atoms with van der Waals surface area (Å²) in [6.45, 7) is 14.9. The standard InChI is InChI=1S/C12H27NO/c1-11(2,3)13(7)9-8-10-14-12(4,5)6/h8-10H2,1-7H3. The summed E-state index contributed by atoms with van der Waals surface area (Å²) in [6.07, 6.45) is 1.10. The van der Waals surface area contributed by atoms with E-state index in [1.807, 2.05) is 0 Å². The zero-order valence-electron chi connectivity index (χ0n) is 11.0. The van der Waals surface area contributed by atoms with Crippen molar-refractivity contribution in [3.8, 4) is 0 Å². The van der Waals surface area contributed by atoms with Gasteiger partial charge < -0.3 is 9.64 Å². The quantitative estimate of drug-likeness (QED) is 0.648.